The van der Waals surface area contributed by atoms with Gasteiger partial charge in [-0.3, -0.25) is 114 Å². The van der Waals surface area contributed by atoms with Gasteiger partial charge in [0.05, 0.1) is 59.9 Å². The van der Waals surface area contributed by atoms with Crippen LogP contribution in [-0.4, -0.2) is 279 Å². The number of H-pyrrole nitrogens is 4. The summed E-state index contributed by atoms with van der Waals surface area (Å²) in [6.07, 6.45) is -17.6. The topological polar surface area (TPSA) is 739 Å². The third kappa shape index (κ3) is 36.4. The zero-order valence-corrected chi connectivity index (χ0v) is 84.7. The summed E-state index contributed by atoms with van der Waals surface area (Å²) in [7, 11) is -20.0. The van der Waals surface area contributed by atoms with Crippen LogP contribution in [0.15, 0.2) is 68.2 Å². The Morgan fingerprint density at radius 3 is 0.750 bits per heavy atom. The van der Waals surface area contributed by atoms with Gasteiger partial charge in [0.1, 0.15) is 71.2 Å². The lowest BCUT2D eigenvalue weighted by Gasteiger charge is -2.28. The maximum Gasteiger partial charge on any atom is 0.480 e. The van der Waals surface area contributed by atoms with Gasteiger partial charge in [-0.25, -0.2) is 54.5 Å². The Hall–Kier alpha value is -7.88. The number of carbonyl (C=O) groups excluding carboxylic acids is 8. The molecule has 4 unspecified atom stereocenters. The highest BCUT2D eigenvalue weighted by Crippen LogP contribution is 2.55. The highest BCUT2D eigenvalue weighted by Gasteiger charge is 2.58. The first-order valence-corrected chi connectivity index (χ1v) is 48.3. The van der Waals surface area contributed by atoms with Crippen molar-refractivity contribution >= 4 is 128 Å². The smallest absolute Gasteiger partial charge is 0.438 e. The van der Waals surface area contributed by atoms with E-state index in [-0.39, 0.29) is 31.9 Å². The molecule has 0 radical (unpaired) electrons. The van der Waals surface area contributed by atoms with Crippen molar-refractivity contribution in [2.45, 2.75) is 234 Å². The molecule has 0 spiro atoms. The first kappa shape index (κ1) is 109. The summed E-state index contributed by atoms with van der Waals surface area (Å²) < 4.78 is 240. The summed E-state index contributed by atoms with van der Waals surface area (Å²) in [5.41, 5.74) is -12.9. The molecule has 4 aliphatic rings. The van der Waals surface area contributed by atoms with Crippen molar-refractivity contribution < 1.29 is 220 Å². The third-order valence-corrected chi connectivity index (χ3v) is 24.3. The van der Waals surface area contributed by atoms with Crippen molar-refractivity contribution in [3.8, 4) is 0 Å². The quantitative estimate of drug-likeness (QED) is 0.00949. The predicted octanol–water partition coefficient (Wildman–Crippen LogP) is 4.56. The van der Waals surface area contributed by atoms with Gasteiger partial charge in [-0.05, 0) is 118 Å². The van der Waals surface area contributed by atoms with Gasteiger partial charge in [0.25, 0.3) is 22.2 Å². The molecule has 56 nitrogen and oxygen atoms in total. The molecule has 0 amide bonds. The molecule has 16 atom stereocenters. The third-order valence-electron chi connectivity index (χ3n) is 18.4. The Bertz CT molecular complexity index is 5910. The number of aliphatic hydroxyl groups excluding tert-OH is 4. The van der Waals surface area contributed by atoms with Crippen molar-refractivity contribution in [3.63, 3.8) is 0 Å². The summed E-state index contributed by atoms with van der Waals surface area (Å²) >= 11 is 20.2. The molecule has 0 bridgehead atoms. The maximum atomic E-state index is 13.4. The van der Waals surface area contributed by atoms with E-state index in [1.807, 2.05) is 0 Å². The number of carbonyl (C=O) groups is 8. The van der Waals surface area contributed by atoms with Crippen molar-refractivity contribution in [2.24, 2.45) is 22.7 Å². The second-order valence-corrected chi connectivity index (χ2v) is 40.5. The number of hydrogen-bond acceptors (Lipinski definition) is 52. The Labute approximate surface area is 828 Å². The number of nitrogens with one attached hydrogen (secondary N) is 4. The summed E-state index contributed by atoms with van der Waals surface area (Å²) in [6.45, 7) is 4.18. The molecule has 4 saturated heterocycles. The summed E-state index contributed by atoms with van der Waals surface area (Å²) in [4.78, 5) is 147. The Morgan fingerprint density at radius 2 is 0.571 bits per heavy atom. The van der Waals surface area contributed by atoms with Crippen LogP contribution in [0, 0.1) is 41.8 Å². The van der Waals surface area contributed by atoms with Crippen LogP contribution in [-0.2, 0) is 168 Å². The maximum absolute atomic E-state index is 13.4. The van der Waals surface area contributed by atoms with Crippen LogP contribution in [0.5, 0.6) is 0 Å². The molecular weight excluding hydrogens is 2050 g/mol. The average molecular weight is 2170 g/mol. The lowest BCUT2D eigenvalue weighted by molar-refractivity contribution is -0.164. The Kier molecular flexibility index (Phi) is 41.6. The number of rotatable bonds is 44. The van der Waals surface area contributed by atoms with Crippen LogP contribution in [0.2, 0.25) is 0 Å². The number of nitrogens with zero attached hydrogens (tertiary/aromatic N) is 4. The van der Waals surface area contributed by atoms with Gasteiger partial charge in [-0.15, -0.1) is 0 Å². The van der Waals surface area contributed by atoms with E-state index in [1.165, 1.54) is 41.5 Å². The van der Waals surface area contributed by atoms with Crippen LogP contribution in [0.1, 0.15) is 173 Å². The number of hydrogen-bond donors (Lipinski definition) is 12. The van der Waals surface area contributed by atoms with Crippen LogP contribution in [0.3, 0.4) is 0 Å². The zero-order valence-electron chi connectivity index (χ0n) is 85.9. The predicted molar refractivity (Wildman–Crippen MR) is 477 cm³/mol. The number of aromatic amines is 4. The molecule has 4 aliphatic heterocycles. The van der Waals surface area contributed by atoms with Crippen LogP contribution >= 0.6 is 80.2 Å². The number of phosphoric acid groups is 4. The molecule has 0 aromatic carbocycles. The number of phosphoric ester groups is 4. The Balaban J connectivity index is 0.000000347. The Morgan fingerprint density at radius 1 is 0.379 bits per heavy atom. The fourth-order valence-corrected chi connectivity index (χ4v) is 14.6. The molecule has 0 saturated carbocycles. The van der Waals surface area contributed by atoms with E-state index in [0.717, 1.165) is 109 Å². The summed E-state index contributed by atoms with van der Waals surface area (Å²) in [5, 5.41) is 86.3. The van der Waals surface area contributed by atoms with E-state index in [0.29, 0.717) is 0 Å². The van der Waals surface area contributed by atoms with E-state index in [4.69, 9.17) is 152 Å². The SMILES string of the molecule is [2H]C([2H])(OP(=O)(OCOC(=O)C(C)(C)C)OCOC(=O)C(C)(C)C)[C@H]1O[C@@H](n2ccc(=O)[nH]c2=S)C(C)(O)[C@H]1O.[2H]C([2H])(OP(=O)(OCOC(=O)C(C)C)OCOC(=O)C(C)C)[C@H]1O[C@@H](n2ccc(=O)[nH]c2=S)C(C)(O)[C@H]1O.[2H]C([2H])(OP(=O)(OCOC(=O)CC)OCOC(=O)CC)[C@H]1O[C@@H](n2ccc(=O)[nH]c2=S)C(C)(O)[C@H]1O.[2H]C([2H])(OP(=O)(OCOC(C)=O)OCOC(C)=O)[C@H]1O[C@@H](n2ccc(=O)[nH]c2=S)C(C)(O)[C@H]1O. The number of aromatic nitrogens is 8. The highest BCUT2D eigenvalue weighted by molar-refractivity contribution is 7.71. The van der Waals surface area contributed by atoms with Gasteiger partial charge in [-0.1, -0.05) is 41.5 Å². The minimum Gasteiger partial charge on any atom is -0.438 e. The van der Waals surface area contributed by atoms with Crippen LogP contribution < -0.4 is 22.2 Å². The molecule has 4 aromatic rings. The molecular formula is C76H116N8O48P4S4. The molecule has 4 fully saturated rings. The minimum atomic E-state index is -5.06. The van der Waals surface area contributed by atoms with Gasteiger partial charge in [0.15, 0.2) is 44.0 Å². The monoisotopic (exact) mass is 2170 g/mol. The highest BCUT2D eigenvalue weighted by atomic mass is 32.1. The van der Waals surface area contributed by atoms with Gasteiger partial charge in [0.2, 0.25) is 54.3 Å². The van der Waals surface area contributed by atoms with E-state index < -0.39 is 301 Å². The van der Waals surface area contributed by atoms with Gasteiger partial charge < -0.3 is 97.7 Å². The lowest BCUT2D eigenvalue weighted by atomic mass is 9.96. The molecule has 8 rings (SSSR count). The van der Waals surface area contributed by atoms with Crippen LogP contribution in [0.25, 0.3) is 0 Å². The number of ether oxygens (including phenoxy) is 12. The first-order valence-electron chi connectivity index (χ1n) is 44.8. The molecule has 4 aromatic heterocycles. The van der Waals surface area contributed by atoms with Gasteiger partial charge in [-0.2, -0.15) is 0 Å². The van der Waals surface area contributed by atoms with Crippen molar-refractivity contribution in [3.05, 3.63) is 110 Å². The normalized spacial score (nSPS) is 25.9. The summed E-state index contributed by atoms with van der Waals surface area (Å²) in [5.74, 6) is -7.28. The van der Waals surface area contributed by atoms with E-state index in [2.05, 4.69) is 38.9 Å². The molecule has 140 heavy (non-hydrogen) atoms. The second-order valence-electron chi connectivity index (χ2n) is 32.6. The van der Waals surface area contributed by atoms with Crippen LogP contribution in [0.4, 0.5) is 0 Å². The van der Waals surface area contributed by atoms with E-state index in [1.54, 1.807) is 41.5 Å². The molecule has 0 aliphatic carbocycles. The standard InChI is InChI=1S/C22H35N2O12PS.C20H31N2O12PS.C18H27N2O12PS.C16H23N2O12PS/c1-20(2,3)17(27)31-11-34-37(30,35-12-32-18(28)21(4,5)6)33-10-13-15(26)22(7,29)16(36-13)24-9-8-14(25)23-19(24)38;1-11(2)16(25)29-9-32-35(28,33-10-30-17(26)12(3)4)31-8-13-15(24)20(5,27)18(34-13)22-7-6-14(23)21-19(22)36;1-4-13(22)27-9-30-33(26,31-10-28-14(23)5-2)29-8-11-15(24)18(3,25)16(32-11)20-7-6-12(21)19-17(20)34;1-9(19)25-7-28-31(24,29-8-26-10(2)20)27-6-11-13(22)16(3,23)14(30-11)18-5-4-12(21)17-15(18)32/h8-9,13,15-16,26,29H,10-12H2,1-7H3,(H,23,25,38);6-7,11-13,15,18,24,27H,8-10H2,1-5H3,(H,21,23,36);6-7,11,15-16,24-25H,4-5,8-10H2,1-3H3,(H,19,21,34);4-5,11,13-14,22-23H,6-8H2,1-3H3,(H,17,21,32)/t13-,15+,16-,22?;13-,15+,18-,20?;11-,15+,16-,18?;11-,13+,14-,16?/m1111/s1/i10D2;2*8D2;6D2. The van der Waals surface area contributed by atoms with Gasteiger partial charge >= 0.3 is 79.0 Å². The zero-order chi connectivity index (χ0) is 113. The second kappa shape index (κ2) is 53.3. The average Bonchev–Trinajstić information content (AvgIpc) is 1.61. The molecule has 64 heteroatoms. The fraction of sp³-hybridized carbons (Fsp3) is 0.684. The van der Waals surface area contributed by atoms with Crippen molar-refractivity contribution in [2.75, 3.05) is 80.6 Å². The number of esters is 8. The lowest BCUT2D eigenvalue weighted by Crippen LogP contribution is -2.44. The molecule has 12 N–H and O–H groups in total. The van der Waals surface area contributed by atoms with Crippen molar-refractivity contribution in [1.82, 2.24) is 38.2 Å². The summed E-state index contributed by atoms with van der Waals surface area (Å²) in [6, 6.07) is 4.24. The first-order chi connectivity index (χ1) is 67.7. The largest absolute Gasteiger partial charge is 0.480 e. The fourth-order valence-electron chi connectivity index (χ4n) is 10.5. The van der Waals surface area contributed by atoms with Crippen molar-refractivity contribution in [1.29, 1.82) is 0 Å². The van der Waals surface area contributed by atoms with Gasteiger partial charge in [0, 0.05) is 75.7 Å². The van der Waals surface area contributed by atoms with E-state index >= 15 is 0 Å². The van der Waals surface area contributed by atoms with E-state index in [9.17, 15) is 117 Å². The minimum absolute atomic E-state index is 0.0455. The molecule has 8 heterocycles. The molecule has 792 valence electrons. The number of aliphatic hydroxyl groups is 8.